The molecule has 9 heteroatoms. The summed E-state index contributed by atoms with van der Waals surface area (Å²) in [6, 6.07) is 6.26. The summed E-state index contributed by atoms with van der Waals surface area (Å²) in [6.07, 6.45) is 1.02. The molecule has 8 nitrogen and oxygen atoms in total. The quantitative estimate of drug-likeness (QED) is 0.652. The third-order valence-electron chi connectivity index (χ3n) is 2.66. The maximum absolute atomic E-state index is 12.1. The number of aryl methyl sites for hydroxylation is 1. The van der Waals surface area contributed by atoms with Crippen LogP contribution in [0.5, 0.6) is 0 Å². The van der Waals surface area contributed by atoms with E-state index in [0.29, 0.717) is 5.56 Å². The minimum Gasteiger partial charge on any atom is -0.328 e. The first kappa shape index (κ1) is 14.7. The van der Waals surface area contributed by atoms with Crippen LogP contribution in [0.25, 0.3) is 0 Å². The number of pyridine rings is 1. The molecular weight excluding hydrogens is 298 g/mol. The molecule has 2 N–H and O–H groups in total. The summed E-state index contributed by atoms with van der Waals surface area (Å²) >= 11 is 0. The maximum atomic E-state index is 12.1. The zero-order valence-electron chi connectivity index (χ0n) is 10.9. The van der Waals surface area contributed by atoms with Gasteiger partial charge in [-0.2, -0.15) is 0 Å². The van der Waals surface area contributed by atoms with E-state index in [0.717, 1.165) is 18.3 Å². The average Bonchev–Trinajstić information content (AvgIpc) is 2.38. The van der Waals surface area contributed by atoms with Gasteiger partial charge in [0, 0.05) is 18.3 Å². The smallest absolute Gasteiger partial charge is 0.293 e. The number of nitrogens with one attached hydrogen (secondary N) is 2. The van der Waals surface area contributed by atoms with E-state index >= 15 is 0 Å². The summed E-state index contributed by atoms with van der Waals surface area (Å²) < 4.78 is 26.4. The molecule has 1 aromatic heterocycles. The average molecular weight is 309 g/mol. The molecule has 21 heavy (non-hydrogen) atoms. The fraction of sp³-hybridized carbons (Fsp3) is 0.0833. The Balaban J connectivity index is 2.45. The van der Waals surface area contributed by atoms with Crippen molar-refractivity contribution >= 4 is 21.4 Å². The SMILES string of the molecule is Cc1ccc([N+](=O)[O-])c(NS(=O)(=O)c2ccc(=O)[nH]c2)c1. The van der Waals surface area contributed by atoms with Crippen LogP contribution in [0, 0.1) is 17.0 Å². The summed E-state index contributed by atoms with van der Waals surface area (Å²) in [4.78, 5) is 23.2. The van der Waals surface area contributed by atoms with Crippen LogP contribution in [-0.2, 0) is 10.0 Å². The number of aromatic amines is 1. The van der Waals surface area contributed by atoms with E-state index in [1.54, 1.807) is 6.92 Å². The predicted molar refractivity (Wildman–Crippen MR) is 75.7 cm³/mol. The van der Waals surface area contributed by atoms with Crippen LogP contribution >= 0.6 is 0 Å². The van der Waals surface area contributed by atoms with E-state index in [1.807, 2.05) is 0 Å². The second kappa shape index (κ2) is 5.37. The topological polar surface area (TPSA) is 122 Å². The number of H-pyrrole nitrogens is 1. The number of aromatic nitrogens is 1. The fourth-order valence-electron chi connectivity index (χ4n) is 1.66. The lowest BCUT2D eigenvalue weighted by molar-refractivity contribution is -0.383. The molecule has 0 bridgehead atoms. The number of nitro groups is 1. The van der Waals surface area contributed by atoms with E-state index in [4.69, 9.17) is 0 Å². The van der Waals surface area contributed by atoms with E-state index in [-0.39, 0.29) is 16.3 Å². The minimum absolute atomic E-state index is 0.133. The highest BCUT2D eigenvalue weighted by atomic mass is 32.2. The summed E-state index contributed by atoms with van der Waals surface area (Å²) in [6.45, 7) is 1.68. The van der Waals surface area contributed by atoms with Gasteiger partial charge in [0.25, 0.3) is 15.7 Å². The van der Waals surface area contributed by atoms with Gasteiger partial charge in [-0.05, 0) is 24.6 Å². The number of rotatable bonds is 4. The van der Waals surface area contributed by atoms with Crippen molar-refractivity contribution in [2.24, 2.45) is 0 Å². The van der Waals surface area contributed by atoms with Gasteiger partial charge in [0.15, 0.2) is 0 Å². The third kappa shape index (κ3) is 3.26. The van der Waals surface area contributed by atoms with Crippen LogP contribution < -0.4 is 10.3 Å². The highest BCUT2D eigenvalue weighted by molar-refractivity contribution is 7.92. The summed E-state index contributed by atoms with van der Waals surface area (Å²) in [5, 5.41) is 10.9. The van der Waals surface area contributed by atoms with Gasteiger partial charge in [-0.25, -0.2) is 8.42 Å². The normalized spacial score (nSPS) is 11.1. The highest BCUT2D eigenvalue weighted by Crippen LogP contribution is 2.27. The van der Waals surface area contributed by atoms with Gasteiger partial charge in [-0.3, -0.25) is 19.6 Å². The number of anilines is 1. The van der Waals surface area contributed by atoms with Gasteiger partial charge in [0.2, 0.25) is 5.56 Å². The Labute approximate surface area is 119 Å². The Morgan fingerprint density at radius 2 is 1.95 bits per heavy atom. The molecule has 0 spiro atoms. The van der Waals surface area contributed by atoms with E-state index in [1.165, 1.54) is 18.2 Å². The van der Waals surface area contributed by atoms with E-state index in [2.05, 4.69) is 9.71 Å². The summed E-state index contributed by atoms with van der Waals surface area (Å²) in [7, 11) is -4.03. The number of hydrogen-bond acceptors (Lipinski definition) is 5. The molecule has 0 saturated heterocycles. The van der Waals surface area contributed by atoms with Crippen LogP contribution in [0.15, 0.2) is 46.2 Å². The Bertz CT molecular complexity index is 837. The molecule has 1 heterocycles. The first-order valence-corrected chi connectivity index (χ1v) is 7.24. The number of hydrogen-bond donors (Lipinski definition) is 2. The maximum Gasteiger partial charge on any atom is 0.293 e. The monoisotopic (exact) mass is 309 g/mol. The van der Waals surface area contributed by atoms with Crippen LogP contribution in [0.4, 0.5) is 11.4 Å². The minimum atomic E-state index is -4.03. The molecule has 110 valence electrons. The molecule has 0 fully saturated rings. The Kier molecular flexibility index (Phi) is 3.76. The van der Waals surface area contributed by atoms with Gasteiger partial charge in [-0.15, -0.1) is 0 Å². The van der Waals surface area contributed by atoms with Gasteiger partial charge < -0.3 is 4.98 Å². The lowest BCUT2D eigenvalue weighted by Gasteiger charge is -2.08. The predicted octanol–water partition coefficient (Wildman–Crippen LogP) is 1.39. The van der Waals surface area contributed by atoms with Crippen molar-refractivity contribution in [2.75, 3.05) is 4.72 Å². The Hall–Kier alpha value is -2.68. The molecule has 0 amide bonds. The molecule has 0 radical (unpaired) electrons. The zero-order valence-corrected chi connectivity index (χ0v) is 11.7. The number of benzene rings is 1. The Morgan fingerprint density at radius 3 is 2.52 bits per heavy atom. The standard InChI is InChI=1S/C12H11N3O5S/c1-8-2-4-11(15(17)18)10(6-8)14-21(19,20)9-3-5-12(16)13-7-9/h2-7,14H,1H3,(H,13,16). The molecule has 0 saturated carbocycles. The lowest BCUT2D eigenvalue weighted by atomic mass is 10.2. The number of sulfonamides is 1. The molecule has 0 aliphatic carbocycles. The van der Waals surface area contributed by atoms with Crippen LogP contribution in [0.2, 0.25) is 0 Å². The van der Waals surface area contributed by atoms with Gasteiger partial charge in [-0.1, -0.05) is 6.07 Å². The number of nitro benzene ring substituents is 1. The molecule has 0 aliphatic rings. The second-order valence-electron chi connectivity index (χ2n) is 4.27. The Morgan fingerprint density at radius 1 is 1.24 bits per heavy atom. The molecule has 0 aliphatic heterocycles. The van der Waals surface area contributed by atoms with E-state index < -0.39 is 20.5 Å². The molecule has 2 rings (SSSR count). The molecule has 1 aromatic carbocycles. The molecule has 0 unspecified atom stereocenters. The first-order chi connectivity index (χ1) is 9.79. The lowest BCUT2D eigenvalue weighted by Crippen LogP contribution is -2.16. The third-order valence-corrected chi connectivity index (χ3v) is 4.02. The van der Waals surface area contributed by atoms with Crippen molar-refractivity contribution in [3.63, 3.8) is 0 Å². The zero-order chi connectivity index (χ0) is 15.6. The van der Waals surface area contributed by atoms with E-state index in [9.17, 15) is 23.3 Å². The van der Waals surface area contributed by atoms with Crippen LogP contribution in [0.3, 0.4) is 0 Å². The van der Waals surface area contributed by atoms with Gasteiger partial charge in [0.1, 0.15) is 10.6 Å². The molecular formula is C12H11N3O5S. The van der Waals surface area contributed by atoms with Crippen molar-refractivity contribution in [3.05, 3.63) is 62.6 Å². The summed E-state index contributed by atoms with van der Waals surface area (Å²) in [5.74, 6) is 0. The van der Waals surface area contributed by atoms with Crippen molar-refractivity contribution in [2.45, 2.75) is 11.8 Å². The van der Waals surface area contributed by atoms with Crippen molar-refractivity contribution in [1.82, 2.24) is 4.98 Å². The van der Waals surface area contributed by atoms with Gasteiger partial charge in [0.05, 0.1) is 4.92 Å². The van der Waals surface area contributed by atoms with Crippen molar-refractivity contribution in [3.8, 4) is 0 Å². The second-order valence-corrected chi connectivity index (χ2v) is 5.95. The molecule has 0 atom stereocenters. The molecule has 2 aromatic rings. The van der Waals surface area contributed by atoms with Gasteiger partial charge >= 0.3 is 0 Å². The summed E-state index contributed by atoms with van der Waals surface area (Å²) in [5.41, 5.74) is -0.268. The number of nitrogens with zero attached hydrogens (tertiary/aromatic N) is 1. The highest BCUT2D eigenvalue weighted by Gasteiger charge is 2.21. The van der Waals surface area contributed by atoms with Crippen LogP contribution in [0.1, 0.15) is 5.56 Å². The fourth-order valence-corrected chi connectivity index (χ4v) is 2.69. The van der Waals surface area contributed by atoms with Crippen molar-refractivity contribution < 1.29 is 13.3 Å². The van der Waals surface area contributed by atoms with Crippen LogP contribution in [-0.4, -0.2) is 18.3 Å². The largest absolute Gasteiger partial charge is 0.328 e. The first-order valence-electron chi connectivity index (χ1n) is 5.76. The van der Waals surface area contributed by atoms with Crippen molar-refractivity contribution in [1.29, 1.82) is 0 Å².